The van der Waals surface area contributed by atoms with Crippen molar-refractivity contribution in [3.8, 4) is 0 Å². The fourth-order valence-corrected chi connectivity index (χ4v) is 2.65. The second-order valence-electron chi connectivity index (χ2n) is 5.51. The summed E-state index contributed by atoms with van der Waals surface area (Å²) < 4.78 is 12.8. The van der Waals surface area contributed by atoms with Crippen molar-refractivity contribution >= 4 is 0 Å². The van der Waals surface area contributed by atoms with Gasteiger partial charge >= 0.3 is 0 Å². The number of likely N-dealkylation sites (tertiary alicyclic amines) is 1. The quantitative estimate of drug-likeness (QED) is 0.889. The number of halogens is 1. The van der Waals surface area contributed by atoms with Gasteiger partial charge in [-0.3, -0.25) is 4.90 Å². The Labute approximate surface area is 108 Å². The summed E-state index contributed by atoms with van der Waals surface area (Å²) in [6.07, 6.45) is 2.52. The second-order valence-corrected chi connectivity index (χ2v) is 5.51. The van der Waals surface area contributed by atoms with Gasteiger partial charge in [0.25, 0.3) is 0 Å². The van der Waals surface area contributed by atoms with E-state index in [2.05, 4.69) is 18.7 Å². The van der Waals surface area contributed by atoms with Crippen LogP contribution in [-0.2, 0) is 6.42 Å². The molecule has 0 aromatic heterocycles. The highest BCUT2D eigenvalue weighted by molar-refractivity contribution is 5.19. The molecule has 2 atom stereocenters. The van der Waals surface area contributed by atoms with Gasteiger partial charge in [0, 0.05) is 25.6 Å². The first-order valence-electron chi connectivity index (χ1n) is 6.73. The number of rotatable bonds is 4. The largest absolute Gasteiger partial charge is 0.388 e. The van der Waals surface area contributed by atoms with Crippen LogP contribution in [0.3, 0.4) is 0 Å². The lowest BCUT2D eigenvalue weighted by Gasteiger charge is -2.26. The van der Waals surface area contributed by atoms with Crippen LogP contribution in [-0.4, -0.2) is 34.7 Å². The second kappa shape index (κ2) is 5.37. The lowest BCUT2D eigenvalue weighted by molar-refractivity contribution is 0.0448. The van der Waals surface area contributed by atoms with E-state index >= 15 is 0 Å². The minimum atomic E-state index is -0.652. The highest BCUT2D eigenvalue weighted by Gasteiger charge is 2.37. The molecule has 1 saturated heterocycles. The maximum Gasteiger partial charge on any atom is 0.123 e. The Kier molecular flexibility index (Phi) is 4.03. The van der Waals surface area contributed by atoms with Gasteiger partial charge in [-0.1, -0.05) is 19.1 Å². The molecule has 1 heterocycles. The maximum atomic E-state index is 12.8. The Hall–Kier alpha value is -0.930. The third-order valence-corrected chi connectivity index (χ3v) is 4.02. The van der Waals surface area contributed by atoms with E-state index in [0.717, 1.165) is 31.5 Å². The van der Waals surface area contributed by atoms with Crippen molar-refractivity contribution in [3.63, 3.8) is 0 Å². The smallest absolute Gasteiger partial charge is 0.123 e. The Balaban J connectivity index is 1.99. The highest BCUT2D eigenvalue weighted by Crippen LogP contribution is 2.27. The first kappa shape index (κ1) is 13.5. The van der Waals surface area contributed by atoms with Gasteiger partial charge < -0.3 is 5.11 Å². The van der Waals surface area contributed by atoms with Crippen LogP contribution in [0.2, 0.25) is 0 Å². The van der Waals surface area contributed by atoms with Gasteiger partial charge in [0.05, 0.1) is 5.60 Å². The Morgan fingerprint density at radius 1 is 1.39 bits per heavy atom. The van der Waals surface area contributed by atoms with Gasteiger partial charge in [-0.05, 0) is 37.5 Å². The van der Waals surface area contributed by atoms with Crippen molar-refractivity contribution in [3.05, 3.63) is 35.6 Å². The van der Waals surface area contributed by atoms with Gasteiger partial charge in [-0.2, -0.15) is 0 Å². The molecule has 0 radical (unpaired) electrons. The average Bonchev–Trinajstić information content (AvgIpc) is 2.74. The topological polar surface area (TPSA) is 23.5 Å². The molecular weight excluding hydrogens is 229 g/mol. The molecule has 1 N–H and O–H groups in total. The molecule has 0 amide bonds. The van der Waals surface area contributed by atoms with Crippen LogP contribution in [0.1, 0.15) is 32.3 Å². The predicted molar refractivity (Wildman–Crippen MR) is 71.0 cm³/mol. The maximum absolute atomic E-state index is 12.8. The molecule has 1 aliphatic rings. The summed E-state index contributed by atoms with van der Waals surface area (Å²) in [6, 6.07) is 6.96. The van der Waals surface area contributed by atoms with E-state index in [-0.39, 0.29) is 5.82 Å². The van der Waals surface area contributed by atoms with Gasteiger partial charge in [0.2, 0.25) is 0 Å². The summed E-state index contributed by atoms with van der Waals surface area (Å²) in [5.74, 6) is -0.224. The van der Waals surface area contributed by atoms with Gasteiger partial charge in [-0.25, -0.2) is 4.39 Å². The molecule has 3 heteroatoms. The lowest BCUT2D eigenvalue weighted by atomic mass is 9.94. The molecule has 0 aliphatic carbocycles. The van der Waals surface area contributed by atoms with Crippen molar-refractivity contribution in [2.75, 3.05) is 13.1 Å². The van der Waals surface area contributed by atoms with Crippen LogP contribution in [0.15, 0.2) is 24.3 Å². The van der Waals surface area contributed by atoms with E-state index in [0.29, 0.717) is 12.5 Å². The van der Waals surface area contributed by atoms with E-state index < -0.39 is 5.60 Å². The number of aliphatic hydroxyl groups is 1. The molecule has 100 valence electrons. The van der Waals surface area contributed by atoms with E-state index in [1.807, 2.05) is 0 Å². The molecular formula is C15H22FNO. The van der Waals surface area contributed by atoms with E-state index in [1.165, 1.54) is 12.1 Å². The SMILES string of the molecule is CCC(C)N1CCC(O)(Cc2ccc(F)cc2)C1. The van der Waals surface area contributed by atoms with Crippen molar-refractivity contribution in [1.29, 1.82) is 0 Å². The molecule has 1 aliphatic heterocycles. The third kappa shape index (κ3) is 3.09. The fourth-order valence-electron chi connectivity index (χ4n) is 2.65. The minimum absolute atomic E-state index is 0.224. The fraction of sp³-hybridized carbons (Fsp3) is 0.600. The van der Waals surface area contributed by atoms with E-state index in [4.69, 9.17) is 0 Å². The number of benzene rings is 1. The first-order chi connectivity index (χ1) is 8.52. The molecule has 1 fully saturated rings. The van der Waals surface area contributed by atoms with Crippen LogP contribution >= 0.6 is 0 Å². The number of hydrogen-bond donors (Lipinski definition) is 1. The summed E-state index contributed by atoms with van der Waals surface area (Å²) >= 11 is 0. The highest BCUT2D eigenvalue weighted by atomic mass is 19.1. The first-order valence-corrected chi connectivity index (χ1v) is 6.73. The molecule has 0 bridgehead atoms. The van der Waals surface area contributed by atoms with Crippen LogP contribution < -0.4 is 0 Å². The molecule has 2 nitrogen and oxygen atoms in total. The standard InChI is InChI=1S/C15H22FNO/c1-3-12(2)17-9-8-15(18,11-17)10-13-4-6-14(16)7-5-13/h4-7,12,18H,3,8-11H2,1-2H3. The average molecular weight is 251 g/mol. The van der Waals surface area contributed by atoms with Gasteiger partial charge in [-0.15, -0.1) is 0 Å². The monoisotopic (exact) mass is 251 g/mol. The number of β-amino-alcohol motifs (C(OH)–C–C–N with tert-alkyl or cyclic N) is 1. The van der Waals surface area contributed by atoms with Crippen molar-refractivity contribution in [2.45, 2.75) is 44.8 Å². The van der Waals surface area contributed by atoms with Crippen molar-refractivity contribution < 1.29 is 9.50 Å². The van der Waals surface area contributed by atoms with Crippen LogP contribution in [0.5, 0.6) is 0 Å². The molecule has 1 aromatic carbocycles. The zero-order chi connectivity index (χ0) is 13.2. The summed E-state index contributed by atoms with van der Waals surface area (Å²) in [5.41, 5.74) is 0.353. The zero-order valence-electron chi connectivity index (χ0n) is 11.2. The molecule has 1 aromatic rings. The molecule has 2 rings (SSSR count). The molecule has 0 saturated carbocycles. The predicted octanol–water partition coefficient (Wildman–Crippen LogP) is 2.60. The normalized spacial score (nSPS) is 26.4. The van der Waals surface area contributed by atoms with Crippen LogP contribution in [0.25, 0.3) is 0 Å². The number of hydrogen-bond acceptors (Lipinski definition) is 2. The van der Waals surface area contributed by atoms with Crippen molar-refractivity contribution in [2.24, 2.45) is 0 Å². The third-order valence-electron chi connectivity index (χ3n) is 4.02. The van der Waals surface area contributed by atoms with Gasteiger partial charge in [0.1, 0.15) is 5.82 Å². The molecule has 0 spiro atoms. The van der Waals surface area contributed by atoms with Crippen LogP contribution in [0.4, 0.5) is 4.39 Å². The van der Waals surface area contributed by atoms with E-state index in [9.17, 15) is 9.50 Å². The molecule has 2 unspecified atom stereocenters. The Morgan fingerprint density at radius 2 is 2.06 bits per heavy atom. The Bertz CT molecular complexity index is 392. The summed E-state index contributed by atoms with van der Waals surface area (Å²) in [7, 11) is 0. The zero-order valence-corrected chi connectivity index (χ0v) is 11.2. The minimum Gasteiger partial charge on any atom is -0.388 e. The lowest BCUT2D eigenvalue weighted by Crippen LogP contribution is -2.38. The Morgan fingerprint density at radius 3 is 2.67 bits per heavy atom. The van der Waals surface area contributed by atoms with Crippen molar-refractivity contribution in [1.82, 2.24) is 4.90 Å². The van der Waals surface area contributed by atoms with E-state index in [1.54, 1.807) is 12.1 Å². The number of nitrogens with zero attached hydrogens (tertiary/aromatic N) is 1. The summed E-state index contributed by atoms with van der Waals surface area (Å²) in [4.78, 5) is 2.34. The summed E-state index contributed by atoms with van der Waals surface area (Å²) in [6.45, 7) is 6.04. The summed E-state index contributed by atoms with van der Waals surface area (Å²) in [5, 5.41) is 10.6. The van der Waals surface area contributed by atoms with Gasteiger partial charge in [0.15, 0.2) is 0 Å². The van der Waals surface area contributed by atoms with Crippen LogP contribution in [0, 0.1) is 5.82 Å². The molecule has 18 heavy (non-hydrogen) atoms.